The maximum absolute atomic E-state index is 5.94. The number of hydrogen-bond acceptors (Lipinski definition) is 2. The minimum atomic E-state index is 0. The molecule has 0 spiro atoms. The van der Waals surface area contributed by atoms with Gasteiger partial charge in [-0.25, -0.2) is 0 Å². The number of benzene rings is 2. The van der Waals surface area contributed by atoms with Crippen LogP contribution in [-0.2, 0) is 0 Å². The highest BCUT2D eigenvalue weighted by Crippen LogP contribution is 2.30. The third-order valence-corrected chi connectivity index (χ3v) is 4.79. The minimum Gasteiger partial charge on any atom is -0.492 e. The molecule has 0 aromatic heterocycles. The highest BCUT2D eigenvalue weighted by molar-refractivity contribution is 9.10. The van der Waals surface area contributed by atoms with Crippen molar-refractivity contribution in [3.05, 3.63) is 53.0 Å². The maximum Gasteiger partial charge on any atom is 0.133 e. The molecule has 1 aliphatic heterocycles. The maximum atomic E-state index is 5.94. The summed E-state index contributed by atoms with van der Waals surface area (Å²) >= 11 is 3.63. The average Bonchev–Trinajstić information content (AvgIpc) is 2.58. The smallest absolute Gasteiger partial charge is 0.133 e. The Bertz CT molecular complexity index is 600. The summed E-state index contributed by atoms with van der Waals surface area (Å²) in [5.74, 6) is 0.926. The van der Waals surface area contributed by atoms with Crippen molar-refractivity contribution < 1.29 is 4.74 Å². The van der Waals surface area contributed by atoms with E-state index >= 15 is 0 Å². The topological polar surface area (TPSA) is 21.3 Å². The third kappa shape index (κ3) is 5.23. The van der Waals surface area contributed by atoms with Crippen LogP contribution in [0.2, 0.25) is 0 Å². The molecule has 1 N–H and O–H groups in total. The van der Waals surface area contributed by atoms with Crippen LogP contribution in [0.15, 0.2) is 53.0 Å². The van der Waals surface area contributed by atoms with E-state index < -0.39 is 0 Å². The lowest BCUT2D eigenvalue weighted by atomic mass is 10.0. The molecule has 0 radical (unpaired) electrons. The molecule has 0 bridgehead atoms. The molecule has 2 nitrogen and oxygen atoms in total. The predicted octanol–water partition coefficient (Wildman–Crippen LogP) is 5.45. The molecular formula is C19H23BrClNO. The molecule has 23 heavy (non-hydrogen) atoms. The first kappa shape index (κ1) is 18.3. The van der Waals surface area contributed by atoms with Gasteiger partial charge in [-0.3, -0.25) is 0 Å². The monoisotopic (exact) mass is 395 g/mol. The average molecular weight is 397 g/mol. The Morgan fingerprint density at radius 3 is 2.57 bits per heavy atom. The standard InChI is InChI=1S/C19H22BrNO.ClH/c20-18-14-16(15-6-2-1-3-7-15)9-10-19(18)22-13-11-17-8-4-5-12-21-17;/h1-3,6-7,9-10,14,17,21H,4-5,8,11-13H2;1H. The van der Waals surface area contributed by atoms with Gasteiger partial charge in [0.1, 0.15) is 5.75 Å². The number of piperidine rings is 1. The Balaban J connectivity index is 0.00000192. The predicted molar refractivity (Wildman–Crippen MR) is 103 cm³/mol. The van der Waals surface area contributed by atoms with Gasteiger partial charge in [0.15, 0.2) is 0 Å². The number of nitrogens with one attached hydrogen (secondary N) is 1. The first-order valence-electron chi connectivity index (χ1n) is 8.04. The molecule has 1 heterocycles. The van der Waals surface area contributed by atoms with Crippen molar-refractivity contribution in [2.45, 2.75) is 31.7 Å². The Labute approximate surface area is 153 Å². The van der Waals surface area contributed by atoms with Crippen LogP contribution in [0.25, 0.3) is 11.1 Å². The summed E-state index contributed by atoms with van der Waals surface area (Å²) in [5, 5.41) is 3.56. The fourth-order valence-corrected chi connectivity index (χ4v) is 3.40. The van der Waals surface area contributed by atoms with Crippen LogP contribution < -0.4 is 10.1 Å². The zero-order chi connectivity index (χ0) is 15.2. The van der Waals surface area contributed by atoms with E-state index in [1.54, 1.807) is 0 Å². The van der Waals surface area contributed by atoms with Crippen molar-refractivity contribution in [2.75, 3.05) is 13.2 Å². The van der Waals surface area contributed by atoms with Crippen LogP contribution in [0.4, 0.5) is 0 Å². The SMILES string of the molecule is Brc1cc(-c2ccccc2)ccc1OCCC1CCCCN1.Cl. The zero-order valence-electron chi connectivity index (χ0n) is 13.1. The lowest BCUT2D eigenvalue weighted by molar-refractivity contribution is 0.267. The Morgan fingerprint density at radius 2 is 1.87 bits per heavy atom. The van der Waals surface area contributed by atoms with E-state index in [1.165, 1.54) is 30.4 Å². The van der Waals surface area contributed by atoms with E-state index in [1.807, 2.05) is 6.07 Å². The van der Waals surface area contributed by atoms with Gasteiger partial charge in [-0.1, -0.05) is 42.8 Å². The first-order chi connectivity index (χ1) is 10.8. The number of hydrogen-bond donors (Lipinski definition) is 1. The van der Waals surface area contributed by atoms with Crippen molar-refractivity contribution in [3.8, 4) is 16.9 Å². The van der Waals surface area contributed by atoms with Gasteiger partial charge in [-0.2, -0.15) is 0 Å². The summed E-state index contributed by atoms with van der Waals surface area (Å²) < 4.78 is 6.96. The summed E-state index contributed by atoms with van der Waals surface area (Å²) in [6.45, 7) is 1.92. The summed E-state index contributed by atoms with van der Waals surface area (Å²) in [6, 6.07) is 17.3. The first-order valence-corrected chi connectivity index (χ1v) is 8.83. The van der Waals surface area contributed by atoms with E-state index in [9.17, 15) is 0 Å². The third-order valence-electron chi connectivity index (χ3n) is 4.18. The number of rotatable bonds is 5. The quantitative estimate of drug-likeness (QED) is 0.725. The Kier molecular flexibility index (Phi) is 7.41. The molecule has 124 valence electrons. The van der Waals surface area contributed by atoms with Crippen LogP contribution in [0.5, 0.6) is 5.75 Å². The molecule has 1 atom stereocenters. The number of ether oxygens (including phenoxy) is 1. The molecule has 1 fully saturated rings. The molecule has 1 saturated heterocycles. The van der Waals surface area contributed by atoms with E-state index in [0.717, 1.165) is 29.8 Å². The van der Waals surface area contributed by atoms with Crippen LogP contribution in [0.1, 0.15) is 25.7 Å². The fourth-order valence-electron chi connectivity index (χ4n) is 2.91. The van der Waals surface area contributed by atoms with Crippen molar-refractivity contribution in [3.63, 3.8) is 0 Å². The van der Waals surface area contributed by atoms with E-state index in [0.29, 0.717) is 6.04 Å². The molecule has 1 unspecified atom stereocenters. The Hall–Kier alpha value is -1.03. The van der Waals surface area contributed by atoms with Gasteiger partial charge in [0.05, 0.1) is 11.1 Å². The highest BCUT2D eigenvalue weighted by atomic mass is 79.9. The lowest BCUT2D eigenvalue weighted by Gasteiger charge is -2.23. The largest absolute Gasteiger partial charge is 0.492 e. The lowest BCUT2D eigenvalue weighted by Crippen LogP contribution is -2.35. The van der Waals surface area contributed by atoms with Gasteiger partial charge in [0, 0.05) is 6.04 Å². The fraction of sp³-hybridized carbons (Fsp3) is 0.368. The second-order valence-corrected chi connectivity index (χ2v) is 6.65. The Morgan fingerprint density at radius 1 is 1.04 bits per heavy atom. The molecule has 0 saturated carbocycles. The number of halogens is 2. The molecule has 0 amide bonds. The van der Waals surface area contributed by atoms with Crippen molar-refractivity contribution in [1.82, 2.24) is 5.32 Å². The summed E-state index contributed by atoms with van der Waals surface area (Å²) in [6.07, 6.45) is 5.00. The second kappa shape index (κ2) is 9.31. The van der Waals surface area contributed by atoms with Gasteiger partial charge in [-0.15, -0.1) is 12.4 Å². The van der Waals surface area contributed by atoms with E-state index in [2.05, 4.69) is 63.7 Å². The second-order valence-electron chi connectivity index (χ2n) is 5.80. The van der Waals surface area contributed by atoms with Gasteiger partial charge < -0.3 is 10.1 Å². The summed E-state index contributed by atoms with van der Waals surface area (Å²) in [5.41, 5.74) is 2.43. The molecule has 0 aliphatic carbocycles. The van der Waals surface area contributed by atoms with Gasteiger partial charge in [0.2, 0.25) is 0 Å². The van der Waals surface area contributed by atoms with Crippen molar-refractivity contribution in [2.24, 2.45) is 0 Å². The van der Waals surface area contributed by atoms with Crippen molar-refractivity contribution in [1.29, 1.82) is 0 Å². The van der Waals surface area contributed by atoms with Gasteiger partial charge >= 0.3 is 0 Å². The summed E-state index contributed by atoms with van der Waals surface area (Å²) in [4.78, 5) is 0. The normalized spacial score (nSPS) is 17.3. The molecule has 4 heteroatoms. The van der Waals surface area contributed by atoms with Crippen LogP contribution in [-0.4, -0.2) is 19.2 Å². The molecular weight excluding hydrogens is 374 g/mol. The van der Waals surface area contributed by atoms with Gasteiger partial charge in [-0.05, 0) is 65.0 Å². The molecule has 1 aliphatic rings. The van der Waals surface area contributed by atoms with E-state index in [-0.39, 0.29) is 12.4 Å². The highest BCUT2D eigenvalue weighted by Gasteiger charge is 2.12. The van der Waals surface area contributed by atoms with Gasteiger partial charge in [0.25, 0.3) is 0 Å². The molecule has 3 rings (SSSR count). The molecule has 2 aromatic carbocycles. The minimum absolute atomic E-state index is 0. The van der Waals surface area contributed by atoms with Crippen molar-refractivity contribution >= 4 is 28.3 Å². The van der Waals surface area contributed by atoms with Crippen LogP contribution in [0, 0.1) is 0 Å². The van der Waals surface area contributed by atoms with Crippen LogP contribution in [0.3, 0.4) is 0 Å². The van der Waals surface area contributed by atoms with Crippen LogP contribution >= 0.6 is 28.3 Å². The molecule has 2 aromatic rings. The summed E-state index contributed by atoms with van der Waals surface area (Å²) in [7, 11) is 0. The zero-order valence-corrected chi connectivity index (χ0v) is 15.5. The van der Waals surface area contributed by atoms with E-state index in [4.69, 9.17) is 4.74 Å².